The normalized spacial score (nSPS) is 29.8. The number of rotatable bonds is 1. The molecule has 5 heteroatoms. The Bertz CT molecular complexity index is 238. The summed E-state index contributed by atoms with van der Waals surface area (Å²) >= 11 is 0. The summed E-state index contributed by atoms with van der Waals surface area (Å²) < 4.78 is 6.45. The molecule has 0 radical (unpaired) electrons. The third-order valence-corrected chi connectivity index (χ3v) is 2.53. The third-order valence-electron chi connectivity index (χ3n) is 2.09. The van der Waals surface area contributed by atoms with E-state index in [0.29, 0.717) is 13.0 Å². The molecule has 0 aromatic heterocycles. The fourth-order valence-corrected chi connectivity index (χ4v) is 1.78. The van der Waals surface area contributed by atoms with Crippen molar-refractivity contribution in [2.24, 2.45) is 5.41 Å². The van der Waals surface area contributed by atoms with Crippen LogP contribution in [0, 0.1) is 16.7 Å². The van der Waals surface area contributed by atoms with E-state index < -0.39 is 11.4 Å². The molecule has 0 aromatic rings. The van der Waals surface area contributed by atoms with Crippen LogP contribution < -0.4 is 0 Å². The van der Waals surface area contributed by atoms with E-state index in [1.54, 1.807) is 0 Å². The van der Waals surface area contributed by atoms with E-state index in [-0.39, 0.29) is 0 Å². The summed E-state index contributed by atoms with van der Waals surface area (Å²) in [5.74, 6) is -0.421. The van der Waals surface area contributed by atoms with Gasteiger partial charge in [0, 0.05) is 13.1 Å². The maximum atomic E-state index is 11.2. The van der Waals surface area contributed by atoms with Crippen LogP contribution >= 0.6 is 9.39 Å². The standard InChI is InChI=1S/C7H11N2O2P/c1-11-6(10)7(4-8)2-3-9(12)5-7/h2-3,5,12H2,1H3. The Morgan fingerprint density at radius 2 is 2.50 bits per heavy atom. The molecule has 4 nitrogen and oxygen atoms in total. The first kappa shape index (κ1) is 9.44. The summed E-state index contributed by atoms with van der Waals surface area (Å²) in [6.45, 7) is 1.19. The van der Waals surface area contributed by atoms with Gasteiger partial charge >= 0.3 is 5.97 Å². The van der Waals surface area contributed by atoms with Gasteiger partial charge in [-0.3, -0.25) is 9.46 Å². The highest BCUT2D eigenvalue weighted by molar-refractivity contribution is 7.13. The minimum atomic E-state index is -0.934. The number of nitriles is 1. The lowest BCUT2D eigenvalue weighted by Crippen LogP contribution is -2.32. The minimum Gasteiger partial charge on any atom is -0.468 e. The molecule has 1 fully saturated rings. The number of carbonyl (C=O) groups is 1. The number of esters is 1. The Morgan fingerprint density at radius 1 is 1.83 bits per heavy atom. The molecular formula is C7H11N2O2P. The molecule has 1 heterocycles. The average Bonchev–Trinajstić information content (AvgIpc) is 2.47. The van der Waals surface area contributed by atoms with Gasteiger partial charge in [-0.1, -0.05) is 9.39 Å². The number of hydrogen-bond acceptors (Lipinski definition) is 4. The van der Waals surface area contributed by atoms with Gasteiger partial charge in [-0.2, -0.15) is 5.26 Å². The molecule has 0 spiro atoms. The zero-order valence-corrected chi connectivity index (χ0v) is 8.06. The van der Waals surface area contributed by atoms with Gasteiger partial charge in [0.15, 0.2) is 5.41 Å². The highest BCUT2D eigenvalue weighted by Gasteiger charge is 2.45. The highest BCUT2D eigenvalue weighted by Crippen LogP contribution is 2.32. The van der Waals surface area contributed by atoms with Gasteiger partial charge in [0.25, 0.3) is 0 Å². The van der Waals surface area contributed by atoms with Crippen LogP contribution in [0.3, 0.4) is 0 Å². The van der Waals surface area contributed by atoms with Crippen molar-refractivity contribution in [3.05, 3.63) is 0 Å². The van der Waals surface area contributed by atoms with Crippen molar-refractivity contribution in [3.8, 4) is 6.07 Å². The molecule has 0 amide bonds. The Hall–Kier alpha value is -0.650. The van der Waals surface area contributed by atoms with Crippen molar-refractivity contribution in [3.63, 3.8) is 0 Å². The predicted molar refractivity (Wildman–Crippen MR) is 46.0 cm³/mol. The first-order valence-electron chi connectivity index (χ1n) is 3.64. The summed E-state index contributed by atoms with van der Waals surface area (Å²) in [6.07, 6.45) is 0.555. The van der Waals surface area contributed by atoms with Gasteiger partial charge in [0.1, 0.15) is 0 Å². The molecule has 12 heavy (non-hydrogen) atoms. The van der Waals surface area contributed by atoms with Crippen LogP contribution in [0.1, 0.15) is 6.42 Å². The Balaban J connectivity index is 2.79. The van der Waals surface area contributed by atoms with Crippen molar-refractivity contribution in [2.45, 2.75) is 6.42 Å². The molecule has 2 unspecified atom stereocenters. The van der Waals surface area contributed by atoms with Crippen LogP contribution in [-0.2, 0) is 9.53 Å². The van der Waals surface area contributed by atoms with Crippen LogP contribution in [0.25, 0.3) is 0 Å². The predicted octanol–water partition coefficient (Wildman–Crippen LogP) is 0.165. The summed E-state index contributed by atoms with van der Waals surface area (Å²) in [7, 11) is 3.80. The third kappa shape index (κ3) is 1.43. The fourth-order valence-electron chi connectivity index (χ4n) is 1.34. The van der Waals surface area contributed by atoms with Crippen LogP contribution in [0.5, 0.6) is 0 Å². The average molecular weight is 186 g/mol. The van der Waals surface area contributed by atoms with E-state index in [4.69, 9.17) is 5.26 Å². The smallest absolute Gasteiger partial charge is 0.327 e. The first-order chi connectivity index (χ1) is 5.64. The van der Waals surface area contributed by atoms with E-state index in [1.807, 2.05) is 10.7 Å². The number of nitrogens with zero attached hydrogens (tertiary/aromatic N) is 2. The van der Waals surface area contributed by atoms with E-state index in [9.17, 15) is 4.79 Å². The maximum Gasteiger partial charge on any atom is 0.327 e. The molecule has 0 bridgehead atoms. The van der Waals surface area contributed by atoms with Crippen LogP contribution in [0.4, 0.5) is 0 Å². The van der Waals surface area contributed by atoms with E-state index in [2.05, 4.69) is 14.1 Å². The van der Waals surface area contributed by atoms with Crippen LogP contribution in [0.15, 0.2) is 0 Å². The fraction of sp³-hybridized carbons (Fsp3) is 0.714. The maximum absolute atomic E-state index is 11.2. The molecule has 1 aliphatic heterocycles. The van der Waals surface area contributed by atoms with Gasteiger partial charge in [-0.15, -0.1) is 0 Å². The Kier molecular flexibility index (Phi) is 2.66. The summed E-state index contributed by atoms with van der Waals surface area (Å²) in [6, 6.07) is 2.03. The lowest BCUT2D eigenvalue weighted by Gasteiger charge is -2.16. The molecule has 0 saturated carbocycles. The van der Waals surface area contributed by atoms with Crippen molar-refractivity contribution in [1.82, 2.24) is 4.67 Å². The van der Waals surface area contributed by atoms with Crippen LogP contribution in [0.2, 0.25) is 0 Å². The lowest BCUT2D eigenvalue weighted by molar-refractivity contribution is -0.148. The molecular weight excluding hydrogens is 175 g/mol. The van der Waals surface area contributed by atoms with Crippen molar-refractivity contribution in [2.75, 3.05) is 20.2 Å². The van der Waals surface area contributed by atoms with Crippen LogP contribution in [-0.4, -0.2) is 30.8 Å². The van der Waals surface area contributed by atoms with Gasteiger partial charge in [0.05, 0.1) is 13.2 Å². The monoisotopic (exact) mass is 186 g/mol. The second kappa shape index (κ2) is 3.38. The molecule has 66 valence electrons. The quantitative estimate of drug-likeness (QED) is 0.432. The molecule has 1 saturated heterocycles. The van der Waals surface area contributed by atoms with E-state index in [1.165, 1.54) is 7.11 Å². The number of methoxy groups -OCH3 is 1. The first-order valence-corrected chi connectivity index (χ1v) is 4.15. The molecule has 0 aliphatic carbocycles. The second-order valence-corrected chi connectivity index (χ2v) is 3.64. The topological polar surface area (TPSA) is 53.3 Å². The van der Waals surface area contributed by atoms with Gasteiger partial charge in [-0.25, -0.2) is 0 Å². The zero-order valence-electron chi connectivity index (χ0n) is 6.91. The van der Waals surface area contributed by atoms with Crippen molar-refractivity contribution in [1.29, 1.82) is 5.26 Å². The van der Waals surface area contributed by atoms with Crippen molar-refractivity contribution >= 4 is 15.4 Å². The zero-order chi connectivity index (χ0) is 9.19. The number of carbonyl (C=O) groups excluding carboxylic acids is 1. The molecule has 0 aromatic carbocycles. The van der Waals surface area contributed by atoms with E-state index in [0.717, 1.165) is 6.54 Å². The molecule has 1 rings (SSSR count). The lowest BCUT2D eigenvalue weighted by atomic mass is 9.89. The Morgan fingerprint density at radius 3 is 2.83 bits per heavy atom. The molecule has 0 N–H and O–H groups in total. The number of hydrogen-bond donors (Lipinski definition) is 0. The summed E-state index contributed by atoms with van der Waals surface area (Å²) in [4.78, 5) is 11.2. The largest absolute Gasteiger partial charge is 0.468 e. The SMILES string of the molecule is COC(=O)C1(C#N)CCN(P)C1. The van der Waals surface area contributed by atoms with Gasteiger partial charge < -0.3 is 4.74 Å². The summed E-state index contributed by atoms with van der Waals surface area (Å²) in [5.41, 5.74) is -0.934. The Labute approximate surface area is 73.7 Å². The van der Waals surface area contributed by atoms with Gasteiger partial charge in [-0.05, 0) is 6.42 Å². The van der Waals surface area contributed by atoms with Gasteiger partial charge in [0.2, 0.25) is 0 Å². The number of ether oxygens (including phenoxy) is 1. The minimum absolute atomic E-state index is 0.421. The highest BCUT2D eigenvalue weighted by atomic mass is 31.0. The molecule has 2 atom stereocenters. The molecule has 1 aliphatic rings. The van der Waals surface area contributed by atoms with Crippen molar-refractivity contribution < 1.29 is 9.53 Å². The van der Waals surface area contributed by atoms with E-state index >= 15 is 0 Å². The summed E-state index contributed by atoms with van der Waals surface area (Å²) in [5, 5.41) is 8.85. The second-order valence-electron chi connectivity index (χ2n) is 2.91.